The van der Waals surface area contributed by atoms with Crippen LogP contribution in [0.25, 0.3) is 6.08 Å². The third-order valence-corrected chi connectivity index (χ3v) is 5.65. The van der Waals surface area contributed by atoms with Crippen LogP contribution in [-0.2, 0) is 9.53 Å². The molecule has 4 nitrogen and oxygen atoms in total. The van der Waals surface area contributed by atoms with Gasteiger partial charge in [-0.3, -0.25) is 4.79 Å². The number of cyclic esters (lactones) is 1. The summed E-state index contributed by atoms with van der Waals surface area (Å²) in [6.45, 7) is 2.07. The van der Waals surface area contributed by atoms with Gasteiger partial charge in [0.05, 0.1) is 0 Å². The molecule has 1 aliphatic rings. The molecule has 0 radical (unpaired) electrons. The molecule has 1 saturated heterocycles. The average Bonchev–Trinajstić information content (AvgIpc) is 3.20. The maximum absolute atomic E-state index is 13.6. The zero-order chi connectivity index (χ0) is 22.5. The van der Waals surface area contributed by atoms with Crippen LogP contribution in [0.15, 0.2) is 84.9 Å². The molecule has 0 aromatic heterocycles. The van der Waals surface area contributed by atoms with Gasteiger partial charge in [0.1, 0.15) is 18.5 Å². The van der Waals surface area contributed by atoms with Crippen molar-refractivity contribution >= 4 is 18.1 Å². The second-order valence-electron chi connectivity index (χ2n) is 7.75. The lowest BCUT2D eigenvalue weighted by Gasteiger charge is -2.24. The molecule has 0 N–H and O–H groups in total. The molecule has 2 atom stereocenters. The Morgan fingerprint density at radius 3 is 2.53 bits per heavy atom. The van der Waals surface area contributed by atoms with Gasteiger partial charge in [-0.25, -0.2) is 14.1 Å². The number of benzene rings is 3. The highest BCUT2D eigenvalue weighted by atomic mass is 19.1. The summed E-state index contributed by atoms with van der Waals surface area (Å²) in [5.41, 5.74) is 3.58. The minimum atomic E-state index is -0.635. The van der Waals surface area contributed by atoms with E-state index in [2.05, 4.69) is 0 Å². The van der Waals surface area contributed by atoms with Crippen LogP contribution in [0.4, 0.5) is 9.18 Å². The number of imide groups is 1. The molecule has 2 amide bonds. The van der Waals surface area contributed by atoms with Crippen LogP contribution in [0.1, 0.15) is 47.6 Å². The Morgan fingerprint density at radius 1 is 1.06 bits per heavy atom. The number of hydrogen-bond donors (Lipinski definition) is 0. The number of rotatable bonds is 6. The molecule has 3 aromatic carbocycles. The molecule has 3 aromatic rings. The summed E-state index contributed by atoms with van der Waals surface area (Å²) >= 11 is 0. The second kappa shape index (κ2) is 9.60. The molecule has 1 aliphatic heterocycles. The molecule has 32 heavy (non-hydrogen) atoms. The Hall–Kier alpha value is -3.73. The van der Waals surface area contributed by atoms with Crippen molar-refractivity contribution in [2.45, 2.75) is 25.3 Å². The molecular formula is C27H24FNO3. The van der Waals surface area contributed by atoms with Crippen molar-refractivity contribution in [2.75, 3.05) is 6.61 Å². The van der Waals surface area contributed by atoms with Gasteiger partial charge in [0, 0.05) is 12.3 Å². The van der Waals surface area contributed by atoms with Crippen molar-refractivity contribution in [1.82, 2.24) is 4.90 Å². The highest BCUT2D eigenvalue weighted by molar-refractivity contribution is 5.94. The number of hydrogen-bond acceptors (Lipinski definition) is 3. The van der Waals surface area contributed by atoms with Crippen LogP contribution in [0.2, 0.25) is 0 Å². The van der Waals surface area contributed by atoms with Crippen molar-refractivity contribution in [1.29, 1.82) is 0 Å². The van der Waals surface area contributed by atoms with E-state index >= 15 is 0 Å². The first-order valence-electron chi connectivity index (χ1n) is 10.6. The highest BCUT2D eigenvalue weighted by Crippen LogP contribution is 2.34. The molecule has 1 fully saturated rings. The van der Waals surface area contributed by atoms with E-state index < -0.39 is 12.1 Å². The molecule has 0 bridgehead atoms. The maximum atomic E-state index is 13.6. The first-order valence-corrected chi connectivity index (χ1v) is 10.6. The molecule has 5 heteroatoms. The van der Waals surface area contributed by atoms with E-state index in [-0.39, 0.29) is 30.7 Å². The minimum Gasteiger partial charge on any atom is -0.446 e. The Kier molecular flexibility index (Phi) is 6.45. The minimum absolute atomic E-state index is 0.0589. The first-order chi connectivity index (χ1) is 15.6. The van der Waals surface area contributed by atoms with Gasteiger partial charge in [-0.05, 0) is 41.3 Å². The number of carbonyl (C=O) groups excluding carboxylic acids is 2. The van der Waals surface area contributed by atoms with Crippen LogP contribution < -0.4 is 0 Å². The third kappa shape index (κ3) is 4.62. The van der Waals surface area contributed by atoms with Gasteiger partial charge >= 0.3 is 6.09 Å². The van der Waals surface area contributed by atoms with Crippen molar-refractivity contribution in [3.8, 4) is 0 Å². The molecule has 0 aliphatic carbocycles. The van der Waals surface area contributed by atoms with Gasteiger partial charge in [-0.15, -0.1) is 0 Å². The van der Waals surface area contributed by atoms with Gasteiger partial charge in [-0.1, -0.05) is 78.9 Å². The number of halogens is 1. The zero-order valence-electron chi connectivity index (χ0n) is 17.8. The van der Waals surface area contributed by atoms with Crippen LogP contribution in [0.5, 0.6) is 0 Å². The molecule has 2 unspecified atom stereocenters. The smallest absolute Gasteiger partial charge is 0.417 e. The molecule has 162 valence electrons. The van der Waals surface area contributed by atoms with Crippen molar-refractivity contribution in [3.05, 3.63) is 113 Å². The Bertz CT molecular complexity index is 1130. The summed E-state index contributed by atoms with van der Waals surface area (Å²) in [5, 5.41) is 0. The predicted octanol–water partition coefficient (Wildman–Crippen LogP) is 6.10. The van der Waals surface area contributed by atoms with Crippen molar-refractivity contribution in [2.24, 2.45) is 0 Å². The summed E-state index contributed by atoms with van der Waals surface area (Å²) < 4.78 is 18.8. The summed E-state index contributed by atoms with van der Waals surface area (Å²) in [5.74, 6) is -1.00. The average molecular weight is 429 g/mol. The number of amides is 2. The van der Waals surface area contributed by atoms with Gasteiger partial charge in [0.25, 0.3) is 0 Å². The lowest BCUT2D eigenvalue weighted by Crippen LogP contribution is -2.35. The van der Waals surface area contributed by atoms with E-state index in [1.54, 1.807) is 12.1 Å². The predicted molar refractivity (Wildman–Crippen MR) is 121 cm³/mol. The fourth-order valence-corrected chi connectivity index (χ4v) is 4.09. The molecule has 4 rings (SSSR count). The van der Waals surface area contributed by atoms with E-state index in [1.807, 2.05) is 73.7 Å². The standard InChI is InChI=1S/C27H24FNO3/c1-2-7-19-8-6-11-22(16-19)24(20-12-14-23(28)15-13-20)17-26(30)29-25(18-32-27(29)31)21-9-4-3-5-10-21/h2-16,24-25H,17-18H2,1H3. The topological polar surface area (TPSA) is 46.6 Å². The van der Waals surface area contributed by atoms with E-state index in [0.29, 0.717) is 0 Å². The molecule has 0 saturated carbocycles. The monoisotopic (exact) mass is 429 g/mol. The van der Waals surface area contributed by atoms with Crippen LogP contribution in [0.3, 0.4) is 0 Å². The first kappa shape index (κ1) is 21.5. The molecular weight excluding hydrogens is 405 g/mol. The lowest BCUT2D eigenvalue weighted by molar-refractivity contribution is -0.129. The number of nitrogens with zero attached hydrogens (tertiary/aromatic N) is 1. The maximum Gasteiger partial charge on any atom is 0.417 e. The van der Waals surface area contributed by atoms with Crippen LogP contribution in [-0.4, -0.2) is 23.5 Å². The van der Waals surface area contributed by atoms with Gasteiger partial charge in [0.15, 0.2) is 0 Å². The quantitative estimate of drug-likeness (QED) is 0.476. The Morgan fingerprint density at radius 2 is 1.81 bits per heavy atom. The molecule has 0 spiro atoms. The number of carbonyl (C=O) groups is 2. The Balaban J connectivity index is 1.67. The van der Waals surface area contributed by atoms with Crippen LogP contribution >= 0.6 is 0 Å². The fourth-order valence-electron chi connectivity index (χ4n) is 4.09. The lowest BCUT2D eigenvalue weighted by atomic mass is 9.87. The second-order valence-corrected chi connectivity index (χ2v) is 7.75. The number of ether oxygens (including phenoxy) is 1. The summed E-state index contributed by atoms with van der Waals surface area (Å²) in [6, 6.07) is 23.0. The largest absolute Gasteiger partial charge is 0.446 e. The van der Waals surface area contributed by atoms with Crippen molar-refractivity contribution < 1.29 is 18.7 Å². The Labute approximate surface area is 186 Å². The van der Waals surface area contributed by atoms with E-state index in [0.717, 1.165) is 22.3 Å². The van der Waals surface area contributed by atoms with E-state index in [9.17, 15) is 14.0 Å². The van der Waals surface area contributed by atoms with E-state index in [1.165, 1.54) is 17.0 Å². The van der Waals surface area contributed by atoms with Crippen LogP contribution in [0, 0.1) is 5.82 Å². The van der Waals surface area contributed by atoms with Gasteiger partial charge in [-0.2, -0.15) is 0 Å². The van der Waals surface area contributed by atoms with Gasteiger partial charge in [0.2, 0.25) is 5.91 Å². The summed E-state index contributed by atoms with van der Waals surface area (Å²) in [7, 11) is 0. The number of allylic oxidation sites excluding steroid dienone is 1. The zero-order valence-corrected chi connectivity index (χ0v) is 17.8. The normalized spacial score (nSPS) is 16.9. The fraction of sp³-hybridized carbons (Fsp3) is 0.185. The summed E-state index contributed by atoms with van der Waals surface area (Å²) in [6.07, 6.45) is 3.35. The third-order valence-electron chi connectivity index (χ3n) is 5.65. The summed E-state index contributed by atoms with van der Waals surface area (Å²) in [4.78, 5) is 27.1. The van der Waals surface area contributed by atoms with Gasteiger partial charge < -0.3 is 4.74 Å². The SMILES string of the molecule is CC=Cc1cccc(C(CC(=O)N2C(=O)OCC2c2ccccc2)c2ccc(F)cc2)c1. The molecule has 1 heterocycles. The van der Waals surface area contributed by atoms with Crippen molar-refractivity contribution in [3.63, 3.8) is 0 Å². The van der Waals surface area contributed by atoms with E-state index in [4.69, 9.17) is 4.74 Å². The highest BCUT2D eigenvalue weighted by Gasteiger charge is 2.39.